The Bertz CT molecular complexity index is 406. The minimum absolute atomic E-state index is 0.227. The lowest BCUT2D eigenvalue weighted by atomic mass is 9.97. The van der Waals surface area contributed by atoms with E-state index in [0.29, 0.717) is 12.0 Å². The van der Waals surface area contributed by atoms with Crippen LogP contribution in [0.1, 0.15) is 51.7 Å². The van der Waals surface area contributed by atoms with Crippen LogP contribution in [0, 0.1) is 0 Å². The molecule has 1 atom stereocenters. The third-order valence-corrected chi connectivity index (χ3v) is 4.13. The number of nitrogens with zero attached hydrogens (tertiary/aromatic N) is 1. The predicted molar refractivity (Wildman–Crippen MR) is 82.5 cm³/mol. The van der Waals surface area contributed by atoms with Gasteiger partial charge in [-0.15, -0.1) is 0 Å². The quantitative estimate of drug-likeness (QED) is 0.896. The Morgan fingerprint density at radius 3 is 2.47 bits per heavy atom. The number of hydrogen-bond acceptors (Lipinski definition) is 2. The van der Waals surface area contributed by atoms with Crippen molar-refractivity contribution >= 4 is 0 Å². The Morgan fingerprint density at radius 1 is 1.26 bits per heavy atom. The Kier molecular flexibility index (Phi) is 4.32. The highest BCUT2D eigenvalue weighted by atomic mass is 15.2. The summed E-state index contributed by atoms with van der Waals surface area (Å²) in [7, 11) is 0. The summed E-state index contributed by atoms with van der Waals surface area (Å²) in [4.78, 5) is 2.58. The molecule has 2 rings (SSSR count). The molecule has 0 aromatic heterocycles. The van der Waals surface area contributed by atoms with Gasteiger partial charge in [0, 0.05) is 31.2 Å². The molecule has 0 amide bonds. The maximum Gasteiger partial charge on any atom is 0.0253 e. The molecule has 1 aliphatic rings. The number of piperazine rings is 1. The van der Waals surface area contributed by atoms with Gasteiger partial charge in [-0.1, -0.05) is 38.1 Å². The van der Waals surface area contributed by atoms with Crippen LogP contribution < -0.4 is 5.32 Å². The van der Waals surface area contributed by atoms with Crippen molar-refractivity contribution in [2.45, 2.75) is 58.7 Å². The second kappa shape index (κ2) is 5.64. The highest BCUT2D eigenvalue weighted by molar-refractivity contribution is 5.24. The van der Waals surface area contributed by atoms with Gasteiger partial charge >= 0.3 is 0 Å². The SMILES string of the molecule is CC(C)c1ccc(CN2CC(C)(C)NCC2C)cc1. The van der Waals surface area contributed by atoms with Crippen molar-refractivity contribution in [2.24, 2.45) is 0 Å². The predicted octanol–water partition coefficient (Wildman–Crippen LogP) is 3.38. The normalized spacial score (nSPS) is 23.8. The molecule has 0 radical (unpaired) electrons. The van der Waals surface area contributed by atoms with Gasteiger partial charge in [0.1, 0.15) is 0 Å². The van der Waals surface area contributed by atoms with Gasteiger partial charge in [0.05, 0.1) is 0 Å². The minimum atomic E-state index is 0.227. The van der Waals surface area contributed by atoms with E-state index in [1.165, 1.54) is 11.1 Å². The molecular weight excluding hydrogens is 232 g/mol. The number of hydrogen-bond donors (Lipinski definition) is 1. The topological polar surface area (TPSA) is 15.3 Å². The fourth-order valence-electron chi connectivity index (χ4n) is 2.73. The maximum absolute atomic E-state index is 3.61. The van der Waals surface area contributed by atoms with Crippen molar-refractivity contribution in [1.29, 1.82) is 0 Å². The van der Waals surface area contributed by atoms with Crippen molar-refractivity contribution in [3.8, 4) is 0 Å². The van der Waals surface area contributed by atoms with Crippen LogP contribution in [0.4, 0.5) is 0 Å². The zero-order valence-electron chi connectivity index (χ0n) is 13.0. The Balaban J connectivity index is 2.03. The van der Waals surface area contributed by atoms with Crippen LogP contribution in [-0.4, -0.2) is 29.6 Å². The summed E-state index contributed by atoms with van der Waals surface area (Å²) in [5.41, 5.74) is 3.08. The van der Waals surface area contributed by atoms with Gasteiger partial charge in [0.25, 0.3) is 0 Å². The first-order chi connectivity index (χ1) is 8.87. The fourth-order valence-corrected chi connectivity index (χ4v) is 2.73. The van der Waals surface area contributed by atoms with E-state index in [9.17, 15) is 0 Å². The Morgan fingerprint density at radius 2 is 1.89 bits per heavy atom. The van der Waals surface area contributed by atoms with Gasteiger partial charge in [-0.25, -0.2) is 0 Å². The highest BCUT2D eigenvalue weighted by Crippen LogP contribution is 2.19. The molecule has 0 saturated carbocycles. The molecule has 1 aliphatic heterocycles. The lowest BCUT2D eigenvalue weighted by Gasteiger charge is -2.43. The lowest BCUT2D eigenvalue weighted by molar-refractivity contribution is 0.0978. The first-order valence-electron chi connectivity index (χ1n) is 7.45. The summed E-state index contributed by atoms with van der Waals surface area (Å²) >= 11 is 0. The number of benzene rings is 1. The van der Waals surface area contributed by atoms with E-state index in [1.54, 1.807) is 0 Å². The molecular formula is C17H28N2. The van der Waals surface area contributed by atoms with Gasteiger partial charge in [0.15, 0.2) is 0 Å². The van der Waals surface area contributed by atoms with E-state index in [1.807, 2.05) is 0 Å². The summed E-state index contributed by atoms with van der Waals surface area (Å²) in [6.07, 6.45) is 0. The van der Waals surface area contributed by atoms with E-state index in [0.717, 1.165) is 19.6 Å². The van der Waals surface area contributed by atoms with Crippen molar-refractivity contribution in [1.82, 2.24) is 10.2 Å². The zero-order chi connectivity index (χ0) is 14.0. The van der Waals surface area contributed by atoms with E-state index >= 15 is 0 Å². The van der Waals surface area contributed by atoms with E-state index in [-0.39, 0.29) is 5.54 Å². The largest absolute Gasteiger partial charge is 0.309 e. The highest BCUT2D eigenvalue weighted by Gasteiger charge is 2.29. The molecule has 1 heterocycles. The van der Waals surface area contributed by atoms with Crippen LogP contribution in [-0.2, 0) is 6.54 Å². The van der Waals surface area contributed by atoms with Crippen LogP contribution in [0.15, 0.2) is 24.3 Å². The van der Waals surface area contributed by atoms with Crippen LogP contribution in [0.25, 0.3) is 0 Å². The molecule has 1 fully saturated rings. The third kappa shape index (κ3) is 3.80. The van der Waals surface area contributed by atoms with E-state index in [2.05, 4.69) is 69.1 Å². The van der Waals surface area contributed by atoms with Gasteiger partial charge in [-0.3, -0.25) is 4.90 Å². The standard InChI is InChI=1S/C17H28N2/c1-13(2)16-8-6-15(7-9-16)11-19-12-17(4,5)18-10-14(19)3/h6-9,13-14,18H,10-12H2,1-5H3. The molecule has 1 unspecified atom stereocenters. The molecule has 106 valence electrons. The van der Waals surface area contributed by atoms with E-state index in [4.69, 9.17) is 0 Å². The smallest absolute Gasteiger partial charge is 0.0253 e. The molecule has 1 saturated heterocycles. The molecule has 0 aliphatic carbocycles. The first kappa shape index (κ1) is 14.5. The van der Waals surface area contributed by atoms with Crippen LogP contribution >= 0.6 is 0 Å². The van der Waals surface area contributed by atoms with Crippen LogP contribution in [0.3, 0.4) is 0 Å². The van der Waals surface area contributed by atoms with Gasteiger partial charge in [-0.05, 0) is 37.8 Å². The minimum Gasteiger partial charge on any atom is -0.309 e. The molecule has 0 bridgehead atoms. The molecule has 2 nitrogen and oxygen atoms in total. The average Bonchev–Trinajstić information content (AvgIpc) is 2.34. The number of rotatable bonds is 3. The van der Waals surface area contributed by atoms with Crippen molar-refractivity contribution < 1.29 is 0 Å². The maximum atomic E-state index is 3.61. The molecule has 1 N–H and O–H groups in total. The third-order valence-electron chi connectivity index (χ3n) is 4.13. The van der Waals surface area contributed by atoms with Gasteiger partial charge in [-0.2, -0.15) is 0 Å². The van der Waals surface area contributed by atoms with Crippen LogP contribution in [0.5, 0.6) is 0 Å². The summed E-state index contributed by atoms with van der Waals surface area (Å²) < 4.78 is 0. The second-order valence-corrected chi connectivity index (χ2v) is 6.92. The second-order valence-electron chi connectivity index (χ2n) is 6.92. The van der Waals surface area contributed by atoms with Gasteiger partial charge < -0.3 is 5.32 Å². The molecule has 1 aromatic rings. The molecule has 19 heavy (non-hydrogen) atoms. The molecule has 0 spiro atoms. The Hall–Kier alpha value is -0.860. The van der Waals surface area contributed by atoms with Crippen molar-refractivity contribution in [3.05, 3.63) is 35.4 Å². The zero-order valence-corrected chi connectivity index (χ0v) is 13.0. The average molecular weight is 260 g/mol. The van der Waals surface area contributed by atoms with Crippen molar-refractivity contribution in [3.63, 3.8) is 0 Å². The number of nitrogens with one attached hydrogen (secondary N) is 1. The van der Waals surface area contributed by atoms with Crippen molar-refractivity contribution in [2.75, 3.05) is 13.1 Å². The Labute approximate surface area is 118 Å². The van der Waals surface area contributed by atoms with Gasteiger partial charge in [0.2, 0.25) is 0 Å². The summed E-state index contributed by atoms with van der Waals surface area (Å²) in [5.74, 6) is 0.617. The monoisotopic (exact) mass is 260 g/mol. The fraction of sp³-hybridized carbons (Fsp3) is 0.647. The van der Waals surface area contributed by atoms with E-state index < -0.39 is 0 Å². The summed E-state index contributed by atoms with van der Waals surface area (Å²) in [5, 5.41) is 3.61. The summed E-state index contributed by atoms with van der Waals surface area (Å²) in [6.45, 7) is 14.6. The lowest BCUT2D eigenvalue weighted by Crippen LogP contribution is -2.60. The van der Waals surface area contributed by atoms with Crippen LogP contribution in [0.2, 0.25) is 0 Å². The summed E-state index contributed by atoms with van der Waals surface area (Å²) in [6, 6.07) is 9.74. The molecule has 2 heteroatoms. The first-order valence-corrected chi connectivity index (χ1v) is 7.45. The molecule has 1 aromatic carbocycles.